The molecule has 0 saturated heterocycles. The molecule has 0 N–H and O–H groups in total. The van der Waals surface area contributed by atoms with E-state index in [0.717, 1.165) is 0 Å². The SMILES string of the molecule is COc1[c]cccc1OC(Cl)c1nccs1. The molecule has 1 atom stereocenters. The Morgan fingerprint density at radius 1 is 1.56 bits per heavy atom. The van der Waals surface area contributed by atoms with Crippen LogP contribution in [0.15, 0.2) is 29.8 Å². The van der Waals surface area contributed by atoms with Crippen LogP contribution in [0, 0.1) is 6.07 Å². The van der Waals surface area contributed by atoms with Gasteiger partial charge in [0, 0.05) is 17.6 Å². The zero-order chi connectivity index (χ0) is 11.4. The van der Waals surface area contributed by atoms with Crippen LogP contribution in [0.5, 0.6) is 11.5 Å². The maximum Gasteiger partial charge on any atom is 0.223 e. The van der Waals surface area contributed by atoms with E-state index >= 15 is 0 Å². The van der Waals surface area contributed by atoms with Gasteiger partial charge in [0.05, 0.1) is 7.11 Å². The second kappa shape index (κ2) is 5.18. The molecule has 0 spiro atoms. The van der Waals surface area contributed by atoms with E-state index < -0.39 is 5.56 Å². The summed E-state index contributed by atoms with van der Waals surface area (Å²) in [6, 6.07) is 8.25. The van der Waals surface area contributed by atoms with Crippen LogP contribution in [-0.2, 0) is 0 Å². The minimum atomic E-state index is -0.607. The highest BCUT2D eigenvalue weighted by atomic mass is 35.5. The average molecular weight is 255 g/mol. The van der Waals surface area contributed by atoms with Crippen LogP contribution in [-0.4, -0.2) is 12.1 Å². The quantitative estimate of drug-likeness (QED) is 0.785. The molecule has 16 heavy (non-hydrogen) atoms. The van der Waals surface area contributed by atoms with Gasteiger partial charge in [-0.3, -0.25) is 0 Å². The second-order valence-corrected chi connectivity index (χ2v) is 4.19. The van der Waals surface area contributed by atoms with E-state index in [2.05, 4.69) is 11.1 Å². The minimum Gasteiger partial charge on any atom is -0.492 e. The molecule has 0 aliphatic heterocycles. The molecule has 0 amide bonds. The fourth-order valence-corrected chi connectivity index (χ4v) is 2.01. The van der Waals surface area contributed by atoms with Crippen molar-refractivity contribution in [3.05, 3.63) is 40.8 Å². The van der Waals surface area contributed by atoms with Crippen molar-refractivity contribution in [3.63, 3.8) is 0 Å². The van der Waals surface area contributed by atoms with Crippen LogP contribution in [0.3, 0.4) is 0 Å². The first-order chi connectivity index (χ1) is 7.81. The van der Waals surface area contributed by atoms with Crippen LogP contribution < -0.4 is 9.47 Å². The molecule has 0 bridgehead atoms. The summed E-state index contributed by atoms with van der Waals surface area (Å²) < 4.78 is 10.6. The van der Waals surface area contributed by atoms with Gasteiger partial charge in [-0.25, -0.2) is 4.98 Å². The third kappa shape index (κ3) is 2.46. The zero-order valence-corrected chi connectivity index (χ0v) is 10.1. The standard InChI is InChI=1S/C11H9ClNO2S/c1-14-8-4-2-3-5-9(8)15-10(12)11-13-6-7-16-11/h2-3,5-7,10H,1H3. The summed E-state index contributed by atoms with van der Waals surface area (Å²) in [5.74, 6) is 1.09. The van der Waals surface area contributed by atoms with Crippen molar-refractivity contribution in [2.24, 2.45) is 0 Å². The van der Waals surface area contributed by atoms with Gasteiger partial charge in [-0.15, -0.1) is 11.3 Å². The van der Waals surface area contributed by atoms with Crippen molar-refractivity contribution >= 4 is 22.9 Å². The maximum absolute atomic E-state index is 6.07. The molecular formula is C11H9ClNO2S. The summed E-state index contributed by atoms with van der Waals surface area (Å²) in [5.41, 5.74) is -0.607. The van der Waals surface area contributed by atoms with Crippen molar-refractivity contribution in [2.75, 3.05) is 7.11 Å². The lowest BCUT2D eigenvalue weighted by Crippen LogP contribution is -2.01. The lowest BCUT2D eigenvalue weighted by Gasteiger charge is -2.12. The molecular weight excluding hydrogens is 246 g/mol. The van der Waals surface area contributed by atoms with Crippen LogP contribution in [0.1, 0.15) is 10.6 Å². The summed E-state index contributed by atoms with van der Waals surface area (Å²) in [6.45, 7) is 0. The number of para-hydroxylation sites is 1. The largest absolute Gasteiger partial charge is 0.492 e. The third-order valence-corrected chi connectivity index (χ3v) is 3.11. The normalized spacial score (nSPS) is 12.1. The Hall–Kier alpha value is -1.26. The van der Waals surface area contributed by atoms with Gasteiger partial charge < -0.3 is 9.47 Å². The summed E-state index contributed by atoms with van der Waals surface area (Å²) in [4.78, 5) is 4.08. The molecule has 1 heterocycles. The number of thiazole rings is 1. The Labute approximate surface area is 103 Å². The molecule has 2 aromatic rings. The molecule has 2 rings (SSSR count). The van der Waals surface area contributed by atoms with Crippen LogP contribution in [0.4, 0.5) is 0 Å². The van der Waals surface area contributed by atoms with Gasteiger partial charge >= 0.3 is 0 Å². The van der Waals surface area contributed by atoms with E-state index in [1.165, 1.54) is 11.3 Å². The summed E-state index contributed by atoms with van der Waals surface area (Å²) in [5, 5.41) is 2.56. The summed E-state index contributed by atoms with van der Waals surface area (Å²) in [7, 11) is 1.56. The lowest BCUT2D eigenvalue weighted by atomic mass is 10.3. The number of alkyl halides is 1. The molecule has 0 aliphatic rings. The van der Waals surface area contributed by atoms with Gasteiger partial charge in [0.15, 0.2) is 11.5 Å². The van der Waals surface area contributed by atoms with Gasteiger partial charge in [-0.1, -0.05) is 23.7 Å². The van der Waals surface area contributed by atoms with Gasteiger partial charge in [0.2, 0.25) is 5.56 Å². The average Bonchev–Trinajstić information content (AvgIpc) is 2.83. The first-order valence-electron chi connectivity index (χ1n) is 4.56. The first kappa shape index (κ1) is 11.2. The van der Waals surface area contributed by atoms with E-state index in [-0.39, 0.29) is 0 Å². The van der Waals surface area contributed by atoms with Crippen molar-refractivity contribution < 1.29 is 9.47 Å². The first-order valence-corrected chi connectivity index (χ1v) is 5.87. The Kier molecular flexibility index (Phi) is 3.64. The maximum atomic E-state index is 6.07. The number of benzene rings is 1. The van der Waals surface area contributed by atoms with Crippen molar-refractivity contribution in [1.29, 1.82) is 0 Å². The van der Waals surface area contributed by atoms with Crippen LogP contribution >= 0.6 is 22.9 Å². The Balaban J connectivity index is 2.14. The molecule has 0 saturated carbocycles. The topological polar surface area (TPSA) is 31.4 Å². The Morgan fingerprint density at radius 2 is 2.44 bits per heavy atom. The van der Waals surface area contributed by atoms with Gasteiger partial charge in [-0.05, 0) is 6.07 Å². The smallest absolute Gasteiger partial charge is 0.223 e. The monoisotopic (exact) mass is 254 g/mol. The lowest BCUT2D eigenvalue weighted by molar-refractivity contribution is 0.269. The molecule has 1 aromatic heterocycles. The van der Waals surface area contributed by atoms with Crippen LogP contribution in [0.25, 0.3) is 0 Å². The van der Waals surface area contributed by atoms with Gasteiger partial charge in [-0.2, -0.15) is 0 Å². The highest BCUT2D eigenvalue weighted by Gasteiger charge is 2.14. The zero-order valence-electron chi connectivity index (χ0n) is 8.51. The molecule has 1 radical (unpaired) electrons. The number of aromatic nitrogens is 1. The predicted molar refractivity (Wildman–Crippen MR) is 63.2 cm³/mol. The Bertz CT molecular complexity index is 447. The Morgan fingerprint density at radius 3 is 3.12 bits per heavy atom. The van der Waals surface area contributed by atoms with Gasteiger partial charge in [0.25, 0.3) is 0 Å². The third-order valence-electron chi connectivity index (χ3n) is 1.86. The summed E-state index contributed by atoms with van der Waals surface area (Å²) in [6.07, 6.45) is 1.69. The number of methoxy groups -OCH3 is 1. The second-order valence-electron chi connectivity index (χ2n) is 2.87. The van der Waals surface area contributed by atoms with Crippen molar-refractivity contribution in [3.8, 4) is 11.5 Å². The molecule has 5 heteroatoms. The van der Waals surface area contributed by atoms with Gasteiger partial charge in [0.1, 0.15) is 5.01 Å². The number of hydrogen-bond acceptors (Lipinski definition) is 4. The van der Waals surface area contributed by atoms with Crippen LogP contribution in [0.2, 0.25) is 0 Å². The molecule has 83 valence electrons. The molecule has 0 aliphatic carbocycles. The van der Waals surface area contributed by atoms with E-state index in [1.807, 2.05) is 11.4 Å². The van der Waals surface area contributed by atoms with Crippen molar-refractivity contribution in [1.82, 2.24) is 4.98 Å². The number of nitrogens with zero attached hydrogens (tertiary/aromatic N) is 1. The summed E-state index contributed by atoms with van der Waals surface area (Å²) >= 11 is 7.51. The van der Waals surface area contributed by atoms with E-state index in [9.17, 15) is 0 Å². The predicted octanol–water partition coefficient (Wildman–Crippen LogP) is 3.27. The fraction of sp³-hybridized carbons (Fsp3) is 0.182. The minimum absolute atomic E-state index is 0.532. The van der Waals surface area contributed by atoms with E-state index in [4.69, 9.17) is 21.1 Å². The molecule has 1 aromatic carbocycles. The van der Waals surface area contributed by atoms with E-state index in [0.29, 0.717) is 16.5 Å². The number of hydrogen-bond donors (Lipinski definition) is 0. The number of halogens is 1. The van der Waals surface area contributed by atoms with E-state index in [1.54, 1.807) is 25.4 Å². The van der Waals surface area contributed by atoms with Crippen molar-refractivity contribution in [2.45, 2.75) is 5.56 Å². The molecule has 3 nitrogen and oxygen atoms in total. The fourth-order valence-electron chi connectivity index (χ4n) is 1.17. The highest BCUT2D eigenvalue weighted by molar-refractivity contribution is 7.09. The number of ether oxygens (including phenoxy) is 2. The highest BCUT2D eigenvalue weighted by Crippen LogP contribution is 2.32. The molecule has 1 unspecified atom stereocenters. The molecule has 0 fully saturated rings. The number of rotatable bonds is 4.